The maximum Gasteiger partial charge on any atom is 0.272 e. The number of sulfonamides is 1. The number of carbonyl (C=O) groups is 1. The molecule has 1 aromatic carbocycles. The molecule has 1 N–H and O–H groups in total. The molecule has 2 aliphatic rings. The standard InChI is InChI=1S/C22H29FN4O3S/c1-2-15-31(29,30)26-13-11-17(12-14-26)24-22(28)21-19-5-3-4-6-20(19)27(25-21)18-9-7-16(23)8-10-18/h7-10,17H,2-6,11-15H2,1H3,(H,24,28). The molecule has 1 fully saturated rings. The van der Waals surface area contributed by atoms with Crippen molar-refractivity contribution in [3.8, 4) is 5.69 Å². The lowest BCUT2D eigenvalue weighted by atomic mass is 9.95. The van der Waals surface area contributed by atoms with Crippen molar-refractivity contribution < 1.29 is 17.6 Å². The molecule has 0 bridgehead atoms. The summed E-state index contributed by atoms with van der Waals surface area (Å²) in [6, 6.07) is 6.06. The summed E-state index contributed by atoms with van der Waals surface area (Å²) in [6.45, 7) is 2.71. The van der Waals surface area contributed by atoms with Gasteiger partial charge in [-0.2, -0.15) is 5.10 Å². The van der Waals surface area contributed by atoms with Gasteiger partial charge >= 0.3 is 0 Å². The Morgan fingerprint density at radius 2 is 1.84 bits per heavy atom. The van der Waals surface area contributed by atoms with Gasteiger partial charge in [-0.3, -0.25) is 4.79 Å². The van der Waals surface area contributed by atoms with Crippen LogP contribution in [0.25, 0.3) is 5.69 Å². The van der Waals surface area contributed by atoms with Gasteiger partial charge in [-0.15, -0.1) is 0 Å². The molecule has 1 aliphatic carbocycles. The van der Waals surface area contributed by atoms with E-state index in [1.165, 1.54) is 16.4 Å². The number of carbonyl (C=O) groups excluding carboxylic acids is 1. The van der Waals surface area contributed by atoms with Gasteiger partial charge < -0.3 is 5.32 Å². The van der Waals surface area contributed by atoms with Crippen molar-refractivity contribution in [3.05, 3.63) is 47.0 Å². The van der Waals surface area contributed by atoms with Gasteiger partial charge in [0.05, 0.1) is 11.4 Å². The first-order valence-electron chi connectivity index (χ1n) is 11.0. The first kappa shape index (κ1) is 22.0. The number of piperidine rings is 1. The van der Waals surface area contributed by atoms with E-state index < -0.39 is 10.0 Å². The van der Waals surface area contributed by atoms with Crippen molar-refractivity contribution >= 4 is 15.9 Å². The summed E-state index contributed by atoms with van der Waals surface area (Å²) >= 11 is 0. The Hall–Kier alpha value is -2.26. The molecule has 1 amide bonds. The molecule has 168 valence electrons. The molecule has 2 heterocycles. The molecule has 31 heavy (non-hydrogen) atoms. The van der Waals surface area contributed by atoms with E-state index in [1.54, 1.807) is 16.8 Å². The quantitative estimate of drug-likeness (QED) is 0.737. The van der Waals surface area contributed by atoms with E-state index in [9.17, 15) is 17.6 Å². The summed E-state index contributed by atoms with van der Waals surface area (Å²) in [5.41, 5.74) is 3.16. The highest BCUT2D eigenvalue weighted by molar-refractivity contribution is 7.89. The smallest absolute Gasteiger partial charge is 0.272 e. The number of benzene rings is 1. The average Bonchev–Trinajstić information content (AvgIpc) is 3.15. The molecule has 0 radical (unpaired) electrons. The van der Waals surface area contributed by atoms with Crippen LogP contribution in [0.2, 0.25) is 0 Å². The maximum atomic E-state index is 13.3. The minimum atomic E-state index is -3.20. The molecule has 7 nitrogen and oxygen atoms in total. The van der Waals surface area contributed by atoms with E-state index in [0.717, 1.165) is 42.6 Å². The van der Waals surface area contributed by atoms with Gasteiger partial charge in [0.1, 0.15) is 5.82 Å². The number of aromatic nitrogens is 2. The van der Waals surface area contributed by atoms with E-state index in [0.29, 0.717) is 38.0 Å². The molecule has 1 aromatic heterocycles. The van der Waals surface area contributed by atoms with Crippen molar-refractivity contribution in [2.75, 3.05) is 18.8 Å². The fourth-order valence-electron chi connectivity index (χ4n) is 4.50. The number of amides is 1. The SMILES string of the molecule is CCCS(=O)(=O)N1CCC(NC(=O)c2nn(-c3ccc(F)cc3)c3c2CCCC3)CC1. The molecule has 4 rings (SSSR count). The topological polar surface area (TPSA) is 84.3 Å². The van der Waals surface area contributed by atoms with Crippen LogP contribution in [-0.4, -0.2) is 53.3 Å². The number of fused-ring (bicyclic) bond motifs is 1. The van der Waals surface area contributed by atoms with Crippen LogP contribution in [0.1, 0.15) is 60.8 Å². The third kappa shape index (κ3) is 4.67. The van der Waals surface area contributed by atoms with E-state index in [1.807, 2.05) is 6.92 Å². The zero-order valence-electron chi connectivity index (χ0n) is 17.8. The lowest BCUT2D eigenvalue weighted by molar-refractivity contribution is 0.0917. The minimum Gasteiger partial charge on any atom is -0.348 e. The summed E-state index contributed by atoms with van der Waals surface area (Å²) in [7, 11) is -3.20. The van der Waals surface area contributed by atoms with Crippen LogP contribution in [0, 0.1) is 5.82 Å². The fourth-order valence-corrected chi connectivity index (χ4v) is 6.04. The van der Waals surface area contributed by atoms with Crippen molar-refractivity contribution in [2.24, 2.45) is 0 Å². The van der Waals surface area contributed by atoms with Crippen LogP contribution in [-0.2, 0) is 22.9 Å². The van der Waals surface area contributed by atoms with Gasteiger partial charge in [-0.1, -0.05) is 6.92 Å². The molecule has 0 spiro atoms. The van der Waals surface area contributed by atoms with E-state index >= 15 is 0 Å². The van der Waals surface area contributed by atoms with Crippen molar-refractivity contribution in [3.63, 3.8) is 0 Å². The number of hydrogen-bond acceptors (Lipinski definition) is 4. The molecule has 2 aromatic rings. The molecule has 1 saturated heterocycles. The molecule has 1 aliphatic heterocycles. The van der Waals surface area contributed by atoms with Crippen LogP contribution in [0.5, 0.6) is 0 Å². The van der Waals surface area contributed by atoms with Crippen molar-refractivity contribution in [1.82, 2.24) is 19.4 Å². The Bertz CT molecular complexity index is 1040. The van der Waals surface area contributed by atoms with Gasteiger partial charge in [0.2, 0.25) is 10.0 Å². The van der Waals surface area contributed by atoms with E-state index in [4.69, 9.17) is 0 Å². The molecule has 0 atom stereocenters. The molecule has 0 saturated carbocycles. The molecular weight excluding hydrogens is 419 g/mol. The summed E-state index contributed by atoms with van der Waals surface area (Å²) < 4.78 is 41.2. The monoisotopic (exact) mass is 448 g/mol. The Balaban J connectivity index is 1.49. The normalized spacial score (nSPS) is 18.0. The summed E-state index contributed by atoms with van der Waals surface area (Å²) in [4.78, 5) is 13.1. The third-order valence-corrected chi connectivity index (χ3v) is 8.19. The van der Waals surface area contributed by atoms with Crippen molar-refractivity contribution in [2.45, 2.75) is 57.9 Å². The minimum absolute atomic E-state index is 0.0733. The third-order valence-electron chi connectivity index (χ3n) is 6.11. The Kier molecular flexibility index (Phi) is 6.43. The van der Waals surface area contributed by atoms with Gasteiger partial charge in [0, 0.05) is 30.4 Å². The predicted octanol–water partition coefficient (Wildman–Crippen LogP) is 2.82. The second kappa shape index (κ2) is 9.08. The average molecular weight is 449 g/mol. The Morgan fingerprint density at radius 1 is 1.16 bits per heavy atom. The summed E-state index contributed by atoms with van der Waals surface area (Å²) in [5, 5.41) is 7.68. The largest absolute Gasteiger partial charge is 0.348 e. The second-order valence-electron chi connectivity index (χ2n) is 8.33. The van der Waals surface area contributed by atoms with Crippen LogP contribution in [0.15, 0.2) is 24.3 Å². The highest BCUT2D eigenvalue weighted by Crippen LogP contribution is 2.27. The molecule has 9 heteroatoms. The van der Waals surface area contributed by atoms with Crippen LogP contribution in [0.3, 0.4) is 0 Å². The Labute approximate surface area is 182 Å². The zero-order valence-corrected chi connectivity index (χ0v) is 18.6. The number of hydrogen-bond donors (Lipinski definition) is 1. The number of halogens is 1. The number of nitrogens with zero attached hydrogens (tertiary/aromatic N) is 3. The lowest BCUT2D eigenvalue weighted by Gasteiger charge is -2.31. The van der Waals surface area contributed by atoms with Crippen LogP contribution < -0.4 is 5.32 Å². The summed E-state index contributed by atoms with van der Waals surface area (Å²) in [5.74, 6) is -0.360. The first-order valence-corrected chi connectivity index (χ1v) is 12.7. The zero-order chi connectivity index (χ0) is 22.0. The maximum absolute atomic E-state index is 13.3. The first-order chi connectivity index (χ1) is 14.9. The van der Waals surface area contributed by atoms with Crippen LogP contribution in [0.4, 0.5) is 4.39 Å². The van der Waals surface area contributed by atoms with Gasteiger partial charge in [0.25, 0.3) is 5.91 Å². The molecule has 0 unspecified atom stereocenters. The highest BCUT2D eigenvalue weighted by Gasteiger charge is 2.30. The predicted molar refractivity (Wildman–Crippen MR) is 116 cm³/mol. The molecular formula is C22H29FN4O3S. The van der Waals surface area contributed by atoms with E-state index in [-0.39, 0.29) is 23.5 Å². The van der Waals surface area contributed by atoms with Gasteiger partial charge in [-0.25, -0.2) is 21.8 Å². The lowest BCUT2D eigenvalue weighted by Crippen LogP contribution is -2.47. The second-order valence-corrected chi connectivity index (χ2v) is 10.4. The Morgan fingerprint density at radius 3 is 2.52 bits per heavy atom. The van der Waals surface area contributed by atoms with Gasteiger partial charge in [0.15, 0.2) is 5.69 Å². The van der Waals surface area contributed by atoms with Crippen molar-refractivity contribution in [1.29, 1.82) is 0 Å². The number of rotatable bonds is 6. The summed E-state index contributed by atoms with van der Waals surface area (Å²) in [6.07, 6.45) is 5.46. The highest BCUT2D eigenvalue weighted by atomic mass is 32.2. The number of nitrogens with one attached hydrogen (secondary N) is 1. The van der Waals surface area contributed by atoms with Crippen LogP contribution >= 0.6 is 0 Å². The van der Waals surface area contributed by atoms with E-state index in [2.05, 4.69) is 10.4 Å². The van der Waals surface area contributed by atoms with Gasteiger partial charge in [-0.05, 0) is 69.2 Å². The fraction of sp³-hybridized carbons (Fsp3) is 0.545.